The van der Waals surface area contributed by atoms with Crippen molar-refractivity contribution in [1.82, 2.24) is 0 Å². The summed E-state index contributed by atoms with van der Waals surface area (Å²) in [6.07, 6.45) is 4.38. The molecule has 164 valence electrons. The summed E-state index contributed by atoms with van der Waals surface area (Å²) in [7, 11) is 0. The van der Waals surface area contributed by atoms with E-state index < -0.39 is 0 Å². The zero-order valence-electron chi connectivity index (χ0n) is 16.7. The van der Waals surface area contributed by atoms with Gasteiger partial charge < -0.3 is 23.7 Å². The molecule has 0 aromatic heterocycles. The third-order valence-corrected chi connectivity index (χ3v) is 3.86. The summed E-state index contributed by atoms with van der Waals surface area (Å²) >= 11 is 0. The van der Waals surface area contributed by atoms with Crippen molar-refractivity contribution in [2.45, 2.75) is 46.1 Å². The number of aryl methyl sites for hydroxylation is 1. The molecular weight excluding hydrogens is 462 g/mol. The van der Waals surface area contributed by atoms with Gasteiger partial charge in [0.05, 0.1) is 33.0 Å². The second-order valence-electron chi connectivity index (χ2n) is 5.86. The smallest absolute Gasteiger partial charge is 0.231 e. The van der Waals surface area contributed by atoms with Crippen molar-refractivity contribution >= 4 is 37.2 Å². The van der Waals surface area contributed by atoms with Gasteiger partial charge in [-0.25, -0.2) is 0 Å². The Hall–Kier alpha value is 0.284. The molecule has 9 heteroatoms. The zero-order valence-corrected chi connectivity index (χ0v) is 20.7. The van der Waals surface area contributed by atoms with Crippen molar-refractivity contribution in [1.29, 1.82) is 0 Å². The number of rotatable bonds is 13. The van der Waals surface area contributed by atoms with Crippen LogP contribution in [-0.4, -0.2) is 39.8 Å². The Morgan fingerprint density at radius 1 is 0.750 bits per heavy atom. The predicted octanol–water partition coefficient (Wildman–Crippen LogP) is 4.98. The zero-order chi connectivity index (χ0) is 17.0. The first-order valence-electron chi connectivity index (χ1n) is 8.99. The average Bonchev–Trinajstić information content (AvgIpc) is 3.04. The largest absolute Gasteiger partial charge is 0.454 e. The van der Waals surface area contributed by atoms with Gasteiger partial charge in [0, 0.05) is 28.3 Å². The Balaban J connectivity index is -0.00000156. The SMILES string of the molecule is CCCCOCCOCCOCc1cc2c(cc1CCC)OCO2.Cl.Cl.Cl.[Ti]. The quantitative estimate of drug-likeness (QED) is 0.285. The summed E-state index contributed by atoms with van der Waals surface area (Å²) < 4.78 is 27.6. The Morgan fingerprint density at radius 3 is 1.86 bits per heavy atom. The van der Waals surface area contributed by atoms with Crippen LogP contribution in [0.4, 0.5) is 0 Å². The number of unbranched alkanes of at least 4 members (excludes halogenated alkanes) is 1. The summed E-state index contributed by atoms with van der Waals surface area (Å²) in [5.74, 6) is 1.66. The fourth-order valence-corrected chi connectivity index (χ4v) is 2.53. The van der Waals surface area contributed by atoms with E-state index in [0.717, 1.165) is 43.8 Å². The first kappa shape index (κ1) is 32.9. The summed E-state index contributed by atoms with van der Waals surface area (Å²) in [5.41, 5.74) is 2.44. The van der Waals surface area contributed by atoms with Gasteiger partial charge in [-0.2, -0.15) is 0 Å². The monoisotopic (exact) mass is 494 g/mol. The standard InChI is InChI=1S/C19H30O5.3ClH.Ti/c1-3-5-7-20-8-9-21-10-11-22-14-17-13-19-18(23-15-24-19)12-16(17)6-4-2;;;;/h12-13H,3-11,14-15H2,1-2H3;3*1H;. The van der Waals surface area contributed by atoms with Crippen LogP contribution < -0.4 is 9.47 Å². The van der Waals surface area contributed by atoms with Crippen molar-refractivity contribution in [3.05, 3.63) is 23.3 Å². The van der Waals surface area contributed by atoms with Crippen LogP contribution in [0.15, 0.2) is 12.1 Å². The molecule has 0 saturated heterocycles. The molecule has 0 radical (unpaired) electrons. The van der Waals surface area contributed by atoms with E-state index in [1.54, 1.807) is 0 Å². The van der Waals surface area contributed by atoms with Crippen LogP contribution in [0.2, 0.25) is 0 Å². The predicted molar refractivity (Wildman–Crippen MR) is 115 cm³/mol. The minimum absolute atomic E-state index is 0. The first-order valence-corrected chi connectivity index (χ1v) is 8.99. The molecule has 0 atom stereocenters. The molecule has 0 unspecified atom stereocenters. The summed E-state index contributed by atoms with van der Waals surface area (Å²) in [5, 5.41) is 0. The molecule has 0 aliphatic carbocycles. The van der Waals surface area contributed by atoms with E-state index in [0.29, 0.717) is 39.8 Å². The van der Waals surface area contributed by atoms with Gasteiger partial charge in [0.2, 0.25) is 6.79 Å². The first-order chi connectivity index (χ1) is 11.8. The van der Waals surface area contributed by atoms with Gasteiger partial charge in [-0.1, -0.05) is 26.7 Å². The average molecular weight is 496 g/mol. The molecule has 28 heavy (non-hydrogen) atoms. The summed E-state index contributed by atoms with van der Waals surface area (Å²) in [6, 6.07) is 4.12. The summed E-state index contributed by atoms with van der Waals surface area (Å²) in [6.45, 7) is 8.47. The van der Waals surface area contributed by atoms with Crippen molar-refractivity contribution < 1.29 is 45.4 Å². The molecule has 0 N–H and O–H groups in total. The number of benzene rings is 1. The van der Waals surface area contributed by atoms with Crippen LogP contribution in [0.3, 0.4) is 0 Å². The molecule has 5 nitrogen and oxygen atoms in total. The number of halogens is 3. The third kappa shape index (κ3) is 12.1. The Morgan fingerprint density at radius 2 is 1.29 bits per heavy atom. The van der Waals surface area contributed by atoms with Crippen LogP contribution in [0.1, 0.15) is 44.2 Å². The van der Waals surface area contributed by atoms with Gasteiger partial charge in [0.15, 0.2) is 11.5 Å². The molecule has 1 aromatic carbocycles. The normalized spacial score (nSPS) is 10.9. The molecule has 1 aliphatic rings. The molecule has 0 bridgehead atoms. The topological polar surface area (TPSA) is 46.2 Å². The van der Waals surface area contributed by atoms with Crippen LogP contribution in [0.25, 0.3) is 0 Å². The van der Waals surface area contributed by atoms with Crippen LogP contribution >= 0.6 is 37.2 Å². The second-order valence-corrected chi connectivity index (χ2v) is 5.86. The van der Waals surface area contributed by atoms with E-state index >= 15 is 0 Å². The van der Waals surface area contributed by atoms with Crippen LogP contribution in [-0.2, 0) is 49.0 Å². The maximum Gasteiger partial charge on any atom is 0.231 e. The van der Waals surface area contributed by atoms with E-state index in [4.69, 9.17) is 23.7 Å². The minimum atomic E-state index is 0. The number of hydrogen-bond donors (Lipinski definition) is 0. The van der Waals surface area contributed by atoms with Crippen molar-refractivity contribution in [3.8, 4) is 11.5 Å². The van der Waals surface area contributed by atoms with Crippen LogP contribution in [0.5, 0.6) is 11.5 Å². The van der Waals surface area contributed by atoms with Crippen molar-refractivity contribution in [2.75, 3.05) is 39.8 Å². The Kier molecular flexibility index (Phi) is 24.2. The Bertz CT molecular complexity index is 495. The van der Waals surface area contributed by atoms with E-state index in [9.17, 15) is 0 Å². The second kappa shape index (κ2) is 20.6. The van der Waals surface area contributed by atoms with Crippen molar-refractivity contribution in [3.63, 3.8) is 0 Å². The van der Waals surface area contributed by atoms with E-state index in [1.807, 2.05) is 6.07 Å². The number of ether oxygens (including phenoxy) is 5. The molecule has 0 saturated carbocycles. The third-order valence-electron chi connectivity index (χ3n) is 3.86. The Labute approximate surface area is 202 Å². The minimum Gasteiger partial charge on any atom is -0.454 e. The molecule has 2 rings (SSSR count). The molecule has 0 spiro atoms. The molecule has 1 heterocycles. The van der Waals surface area contributed by atoms with E-state index in [1.165, 1.54) is 11.1 Å². The molecular formula is C19H33Cl3O5Ti. The number of fused-ring (bicyclic) bond motifs is 1. The van der Waals surface area contributed by atoms with Gasteiger partial charge in [-0.05, 0) is 36.1 Å². The van der Waals surface area contributed by atoms with Crippen LogP contribution in [0, 0.1) is 0 Å². The van der Waals surface area contributed by atoms with Crippen molar-refractivity contribution in [2.24, 2.45) is 0 Å². The fourth-order valence-electron chi connectivity index (χ4n) is 2.53. The van der Waals surface area contributed by atoms with Gasteiger partial charge >= 0.3 is 0 Å². The summed E-state index contributed by atoms with van der Waals surface area (Å²) in [4.78, 5) is 0. The molecule has 1 aromatic rings. The maximum atomic E-state index is 5.75. The maximum absolute atomic E-state index is 5.75. The molecule has 0 fully saturated rings. The van der Waals surface area contributed by atoms with E-state index in [2.05, 4.69) is 19.9 Å². The molecule has 0 amide bonds. The van der Waals surface area contributed by atoms with Gasteiger partial charge in [-0.3, -0.25) is 0 Å². The van der Waals surface area contributed by atoms with Gasteiger partial charge in [-0.15, -0.1) is 37.2 Å². The van der Waals surface area contributed by atoms with E-state index in [-0.39, 0.29) is 58.9 Å². The fraction of sp³-hybridized carbons (Fsp3) is 0.684. The van der Waals surface area contributed by atoms with Gasteiger partial charge in [0.1, 0.15) is 0 Å². The molecule has 1 aliphatic heterocycles. The number of hydrogen-bond acceptors (Lipinski definition) is 5. The van der Waals surface area contributed by atoms with Gasteiger partial charge in [0.25, 0.3) is 0 Å².